The number of carbonyl (C=O) groups excluding carboxylic acids is 1. The minimum absolute atomic E-state index is 0.0751. The van der Waals surface area contributed by atoms with Crippen LogP contribution in [0.15, 0.2) is 18.2 Å². The summed E-state index contributed by atoms with van der Waals surface area (Å²) in [5, 5.41) is 0.189. The Bertz CT molecular complexity index is 763. The van der Waals surface area contributed by atoms with E-state index in [1.165, 1.54) is 0 Å². The highest BCUT2D eigenvalue weighted by Gasteiger charge is 2.41. The fraction of sp³-hybridized carbons (Fsp3) is 0.720. The van der Waals surface area contributed by atoms with Crippen molar-refractivity contribution in [2.24, 2.45) is 0 Å². The van der Waals surface area contributed by atoms with E-state index in [1.54, 1.807) is 0 Å². The zero-order valence-corrected chi connectivity index (χ0v) is 24.3. The van der Waals surface area contributed by atoms with Crippen LogP contribution in [0.5, 0.6) is 11.5 Å². The Morgan fingerprint density at radius 1 is 0.806 bits per heavy atom. The van der Waals surface area contributed by atoms with E-state index in [-0.39, 0.29) is 16.0 Å². The molecule has 178 valence electrons. The van der Waals surface area contributed by atoms with Gasteiger partial charge in [0.1, 0.15) is 17.1 Å². The van der Waals surface area contributed by atoms with Crippen molar-refractivity contribution in [2.75, 3.05) is 0 Å². The number of benzene rings is 1. The zero-order valence-electron chi connectivity index (χ0n) is 22.3. The van der Waals surface area contributed by atoms with E-state index in [0.717, 1.165) is 17.1 Å². The summed E-state index contributed by atoms with van der Waals surface area (Å²) >= 11 is 0. The molecule has 4 nitrogen and oxygen atoms in total. The molecule has 0 saturated carbocycles. The van der Waals surface area contributed by atoms with Gasteiger partial charge >= 0.3 is 5.97 Å². The molecule has 0 heterocycles. The van der Waals surface area contributed by atoms with E-state index < -0.39 is 22.2 Å². The number of hydrogen-bond acceptors (Lipinski definition) is 4. The summed E-state index contributed by atoms with van der Waals surface area (Å²) in [5.74, 6) is 1.50. The molecule has 0 spiro atoms. The van der Waals surface area contributed by atoms with Gasteiger partial charge in [0.25, 0.3) is 0 Å². The molecule has 6 heteroatoms. The molecule has 31 heavy (non-hydrogen) atoms. The molecule has 0 saturated heterocycles. The molecule has 0 bridgehead atoms. The van der Waals surface area contributed by atoms with Crippen LogP contribution in [0, 0.1) is 0 Å². The third kappa shape index (κ3) is 8.30. The predicted octanol–water partition coefficient (Wildman–Crippen LogP) is 7.73. The molecular weight excluding hydrogens is 420 g/mol. The van der Waals surface area contributed by atoms with Crippen LogP contribution in [-0.4, -0.2) is 28.2 Å². The van der Waals surface area contributed by atoms with Crippen LogP contribution in [0.3, 0.4) is 0 Å². The maximum Gasteiger partial charge on any atom is 0.306 e. The molecule has 0 aliphatic heterocycles. The number of aryl methyl sites for hydroxylation is 1. The molecule has 0 fully saturated rings. The van der Waals surface area contributed by atoms with Crippen LogP contribution in [-0.2, 0) is 16.0 Å². The van der Waals surface area contributed by atoms with Crippen LogP contribution in [0.2, 0.25) is 36.3 Å². The van der Waals surface area contributed by atoms with Gasteiger partial charge in [0.15, 0.2) is 0 Å². The fourth-order valence-corrected chi connectivity index (χ4v) is 4.47. The van der Waals surface area contributed by atoms with Gasteiger partial charge in [-0.2, -0.15) is 0 Å². The molecule has 0 N–H and O–H groups in total. The van der Waals surface area contributed by atoms with E-state index in [4.69, 9.17) is 13.6 Å². The van der Waals surface area contributed by atoms with Gasteiger partial charge in [-0.25, -0.2) is 0 Å². The minimum Gasteiger partial charge on any atom is -0.543 e. The zero-order chi connectivity index (χ0) is 24.5. The average molecular weight is 467 g/mol. The van der Waals surface area contributed by atoms with Crippen LogP contribution >= 0.6 is 0 Å². The quantitative estimate of drug-likeness (QED) is 0.304. The predicted molar refractivity (Wildman–Crippen MR) is 136 cm³/mol. The van der Waals surface area contributed by atoms with Crippen molar-refractivity contribution in [3.63, 3.8) is 0 Å². The third-order valence-electron chi connectivity index (χ3n) is 6.41. The summed E-state index contributed by atoms with van der Waals surface area (Å²) in [6, 6.07) is 6.10. The smallest absolute Gasteiger partial charge is 0.306 e. The van der Waals surface area contributed by atoms with E-state index in [2.05, 4.69) is 73.8 Å². The van der Waals surface area contributed by atoms with Crippen molar-refractivity contribution in [3.8, 4) is 11.5 Å². The molecule has 0 unspecified atom stereocenters. The first kappa shape index (κ1) is 27.8. The topological polar surface area (TPSA) is 44.8 Å². The lowest BCUT2D eigenvalue weighted by Gasteiger charge is -2.38. The fourth-order valence-electron chi connectivity index (χ4n) is 2.40. The molecular formula is C25H46O4Si2. The first-order valence-corrected chi connectivity index (χ1v) is 17.2. The molecule has 0 aliphatic carbocycles. The summed E-state index contributed by atoms with van der Waals surface area (Å²) in [4.78, 5) is 12.3. The van der Waals surface area contributed by atoms with Crippen molar-refractivity contribution in [1.29, 1.82) is 0 Å². The Labute approximate surface area is 193 Å². The summed E-state index contributed by atoms with van der Waals surface area (Å²) in [5.41, 5.74) is 0.552. The molecule has 0 aromatic heterocycles. The summed E-state index contributed by atoms with van der Waals surface area (Å²) < 4.78 is 18.7. The standard InChI is InChI=1S/C25H46O4Si2/c1-23(2,3)27-22(26)17-15-19-14-16-20(28-30(10,11)24(4,5)6)18-21(19)29-31(12,13)25(7,8)9/h14,16,18H,15,17H2,1-13H3. The van der Waals surface area contributed by atoms with E-state index in [9.17, 15) is 4.79 Å². The highest BCUT2D eigenvalue weighted by molar-refractivity contribution is 6.75. The summed E-state index contributed by atoms with van der Waals surface area (Å²) in [6.07, 6.45) is 0.910. The van der Waals surface area contributed by atoms with Crippen molar-refractivity contribution in [1.82, 2.24) is 0 Å². The van der Waals surface area contributed by atoms with Gasteiger partial charge in [-0.1, -0.05) is 47.6 Å². The second-order valence-corrected chi connectivity index (χ2v) is 22.0. The number of ether oxygens (including phenoxy) is 1. The SMILES string of the molecule is CC(C)(C)OC(=O)CCc1ccc(O[Si](C)(C)C(C)(C)C)cc1O[Si](C)(C)C(C)(C)C. The maximum absolute atomic E-state index is 12.3. The van der Waals surface area contributed by atoms with Gasteiger partial charge in [0.05, 0.1) is 0 Å². The Morgan fingerprint density at radius 3 is 1.74 bits per heavy atom. The highest BCUT2D eigenvalue weighted by atomic mass is 28.4. The van der Waals surface area contributed by atoms with Crippen LogP contribution in [0.1, 0.15) is 74.3 Å². The third-order valence-corrected chi connectivity index (χ3v) is 15.1. The highest BCUT2D eigenvalue weighted by Crippen LogP contribution is 2.41. The monoisotopic (exact) mass is 466 g/mol. The number of carbonyl (C=O) groups is 1. The molecule has 0 amide bonds. The lowest BCUT2D eigenvalue weighted by atomic mass is 10.1. The van der Waals surface area contributed by atoms with Crippen molar-refractivity contribution in [3.05, 3.63) is 23.8 Å². The van der Waals surface area contributed by atoms with Crippen molar-refractivity contribution in [2.45, 2.75) is 117 Å². The van der Waals surface area contributed by atoms with Gasteiger partial charge in [-0.05, 0) is 75.1 Å². The normalized spacial score (nSPS) is 13.7. The van der Waals surface area contributed by atoms with Gasteiger partial charge in [0, 0.05) is 12.5 Å². The minimum atomic E-state index is -2.05. The molecule has 1 aromatic carbocycles. The number of hydrogen-bond donors (Lipinski definition) is 0. The lowest BCUT2D eigenvalue weighted by molar-refractivity contribution is -0.154. The van der Waals surface area contributed by atoms with Crippen molar-refractivity contribution < 1.29 is 18.4 Å². The Kier molecular flexibility index (Phi) is 8.33. The van der Waals surface area contributed by atoms with Crippen LogP contribution in [0.4, 0.5) is 0 Å². The molecule has 1 rings (SSSR count). The van der Waals surface area contributed by atoms with Gasteiger partial charge in [-0.3, -0.25) is 4.79 Å². The van der Waals surface area contributed by atoms with Crippen LogP contribution in [0.25, 0.3) is 0 Å². The second-order valence-electron chi connectivity index (χ2n) is 12.6. The van der Waals surface area contributed by atoms with E-state index in [0.29, 0.717) is 12.8 Å². The largest absolute Gasteiger partial charge is 0.543 e. The first-order valence-electron chi connectivity index (χ1n) is 11.4. The Hall–Kier alpha value is -1.28. The molecule has 0 atom stereocenters. The molecule has 0 radical (unpaired) electrons. The number of rotatable bonds is 7. The molecule has 1 aromatic rings. The average Bonchev–Trinajstić information content (AvgIpc) is 2.49. The van der Waals surface area contributed by atoms with Gasteiger partial charge in [0.2, 0.25) is 16.6 Å². The second kappa shape index (κ2) is 9.30. The maximum atomic E-state index is 12.3. The van der Waals surface area contributed by atoms with E-state index >= 15 is 0 Å². The Balaban J connectivity index is 3.23. The first-order chi connectivity index (χ1) is 13.6. The van der Waals surface area contributed by atoms with Crippen molar-refractivity contribution >= 4 is 22.6 Å². The lowest BCUT2D eigenvalue weighted by Crippen LogP contribution is -2.44. The van der Waals surface area contributed by atoms with Crippen LogP contribution < -0.4 is 8.85 Å². The summed E-state index contributed by atoms with van der Waals surface area (Å²) in [7, 11) is -4.01. The van der Waals surface area contributed by atoms with Gasteiger partial charge in [-0.15, -0.1) is 0 Å². The Morgan fingerprint density at radius 2 is 1.29 bits per heavy atom. The van der Waals surface area contributed by atoms with Gasteiger partial charge < -0.3 is 13.6 Å². The van der Waals surface area contributed by atoms with E-state index in [1.807, 2.05) is 32.9 Å². The molecule has 0 aliphatic rings. The summed E-state index contributed by atoms with van der Waals surface area (Å²) in [6.45, 7) is 28.1. The number of esters is 1.